The minimum absolute atomic E-state index is 0.147. The molecule has 0 aliphatic heterocycles. The fraction of sp³-hybridized carbons (Fsp3) is 0.133. The van der Waals surface area contributed by atoms with Crippen LogP contribution in [0, 0.1) is 0 Å². The smallest absolute Gasteiger partial charge is 0.303 e. The number of carbonyl (C=O) groups excluding carboxylic acids is 2. The number of hydrogen-bond donors (Lipinski definition) is 3. The Morgan fingerprint density at radius 1 is 1.04 bits per heavy atom. The van der Waals surface area contributed by atoms with Crippen LogP contribution in [0.15, 0.2) is 35.7 Å². The lowest BCUT2D eigenvalue weighted by atomic mass is 10.2. The molecular weight excluding hydrogens is 340 g/mol. The molecule has 0 saturated carbocycles. The van der Waals surface area contributed by atoms with E-state index < -0.39 is 11.9 Å². The van der Waals surface area contributed by atoms with Gasteiger partial charge in [0.2, 0.25) is 5.91 Å². The topological polar surface area (TPSA) is 95.5 Å². The van der Waals surface area contributed by atoms with Crippen LogP contribution in [0.1, 0.15) is 23.2 Å². The summed E-state index contributed by atoms with van der Waals surface area (Å²) in [5.74, 6) is -1.87. The highest BCUT2D eigenvalue weighted by Crippen LogP contribution is 2.25. The van der Waals surface area contributed by atoms with Crippen molar-refractivity contribution in [3.05, 3.63) is 46.3 Å². The third kappa shape index (κ3) is 5.08. The second-order valence-electron chi connectivity index (χ2n) is 4.57. The van der Waals surface area contributed by atoms with Crippen molar-refractivity contribution in [2.45, 2.75) is 12.8 Å². The van der Waals surface area contributed by atoms with Crippen LogP contribution in [-0.4, -0.2) is 22.9 Å². The zero-order chi connectivity index (χ0) is 16.8. The summed E-state index contributed by atoms with van der Waals surface area (Å²) in [6.45, 7) is 0. The van der Waals surface area contributed by atoms with Crippen molar-refractivity contribution in [3.63, 3.8) is 0 Å². The van der Waals surface area contributed by atoms with Gasteiger partial charge in [0.15, 0.2) is 0 Å². The first-order chi connectivity index (χ1) is 11.0. The number of anilines is 2. The van der Waals surface area contributed by atoms with Gasteiger partial charge in [-0.1, -0.05) is 11.6 Å². The van der Waals surface area contributed by atoms with Crippen LogP contribution in [-0.2, 0) is 9.59 Å². The fourth-order valence-electron chi connectivity index (χ4n) is 1.73. The Morgan fingerprint density at radius 3 is 2.39 bits per heavy atom. The van der Waals surface area contributed by atoms with Crippen molar-refractivity contribution in [2.75, 3.05) is 10.6 Å². The van der Waals surface area contributed by atoms with Gasteiger partial charge in [-0.2, -0.15) is 0 Å². The standard InChI is InChI=1S/C15H13ClN2O4S/c16-9-1-3-10(4-2-9)17-14(22)11-7-8-23-15(11)18-12(19)5-6-13(20)21/h1-4,7-8H,5-6H2,(H,17,22)(H,18,19)(H,20,21). The minimum Gasteiger partial charge on any atom is -0.481 e. The third-order valence-corrected chi connectivity index (χ3v) is 3.91. The summed E-state index contributed by atoms with van der Waals surface area (Å²) in [6.07, 6.45) is -0.408. The number of thiophene rings is 1. The van der Waals surface area contributed by atoms with Crippen molar-refractivity contribution in [3.8, 4) is 0 Å². The summed E-state index contributed by atoms with van der Waals surface area (Å²) >= 11 is 6.97. The van der Waals surface area contributed by atoms with E-state index in [1.165, 1.54) is 11.3 Å². The lowest BCUT2D eigenvalue weighted by Crippen LogP contribution is -2.17. The van der Waals surface area contributed by atoms with Crippen LogP contribution >= 0.6 is 22.9 Å². The number of benzene rings is 1. The number of carbonyl (C=O) groups is 3. The first kappa shape index (κ1) is 17.0. The molecule has 3 N–H and O–H groups in total. The van der Waals surface area contributed by atoms with Crippen molar-refractivity contribution in [1.82, 2.24) is 0 Å². The molecular formula is C15H13ClN2O4S. The van der Waals surface area contributed by atoms with E-state index in [-0.39, 0.29) is 18.7 Å². The number of carboxylic acids is 1. The van der Waals surface area contributed by atoms with Gasteiger partial charge in [0, 0.05) is 17.1 Å². The number of aliphatic carboxylic acids is 1. The number of carboxylic acid groups (broad SMARTS) is 1. The normalized spacial score (nSPS) is 10.1. The Kier molecular flexibility index (Phi) is 5.72. The Bertz CT molecular complexity index is 727. The monoisotopic (exact) mass is 352 g/mol. The molecule has 8 heteroatoms. The number of rotatable bonds is 6. The fourth-order valence-corrected chi connectivity index (χ4v) is 2.65. The largest absolute Gasteiger partial charge is 0.481 e. The molecule has 0 fully saturated rings. The third-order valence-electron chi connectivity index (χ3n) is 2.83. The molecule has 2 amide bonds. The van der Waals surface area contributed by atoms with Crippen LogP contribution in [0.3, 0.4) is 0 Å². The second-order valence-corrected chi connectivity index (χ2v) is 5.92. The van der Waals surface area contributed by atoms with Crippen molar-refractivity contribution in [2.24, 2.45) is 0 Å². The van der Waals surface area contributed by atoms with Gasteiger partial charge in [-0.15, -0.1) is 11.3 Å². The van der Waals surface area contributed by atoms with E-state index in [0.717, 1.165) is 0 Å². The maximum absolute atomic E-state index is 12.2. The molecule has 2 rings (SSSR count). The van der Waals surface area contributed by atoms with E-state index in [0.29, 0.717) is 21.3 Å². The average molecular weight is 353 g/mol. The van der Waals surface area contributed by atoms with E-state index in [2.05, 4.69) is 10.6 Å². The minimum atomic E-state index is -1.05. The molecule has 23 heavy (non-hydrogen) atoms. The Balaban J connectivity index is 2.02. The molecule has 0 atom stereocenters. The summed E-state index contributed by atoms with van der Waals surface area (Å²) in [5.41, 5.74) is 0.891. The van der Waals surface area contributed by atoms with E-state index in [4.69, 9.17) is 16.7 Å². The van der Waals surface area contributed by atoms with Crippen LogP contribution in [0.25, 0.3) is 0 Å². The maximum atomic E-state index is 12.2. The zero-order valence-electron chi connectivity index (χ0n) is 11.8. The summed E-state index contributed by atoms with van der Waals surface area (Å²) < 4.78 is 0. The maximum Gasteiger partial charge on any atom is 0.303 e. The SMILES string of the molecule is O=C(O)CCC(=O)Nc1sccc1C(=O)Nc1ccc(Cl)cc1. The van der Waals surface area contributed by atoms with Gasteiger partial charge in [0.1, 0.15) is 5.00 Å². The molecule has 0 aliphatic rings. The highest BCUT2D eigenvalue weighted by Gasteiger charge is 2.15. The van der Waals surface area contributed by atoms with Gasteiger partial charge in [0.25, 0.3) is 5.91 Å². The summed E-state index contributed by atoms with van der Waals surface area (Å²) in [5, 5.41) is 16.4. The molecule has 1 aromatic heterocycles. The van der Waals surface area contributed by atoms with E-state index in [1.54, 1.807) is 35.7 Å². The molecule has 120 valence electrons. The van der Waals surface area contributed by atoms with Crippen LogP contribution in [0.5, 0.6) is 0 Å². The molecule has 0 aliphatic carbocycles. The van der Waals surface area contributed by atoms with Gasteiger partial charge >= 0.3 is 5.97 Å². The van der Waals surface area contributed by atoms with Gasteiger partial charge in [-0.25, -0.2) is 0 Å². The van der Waals surface area contributed by atoms with Gasteiger partial charge in [-0.05, 0) is 35.7 Å². The Labute approximate surface area is 141 Å². The van der Waals surface area contributed by atoms with E-state index in [1.807, 2.05) is 0 Å². The zero-order valence-corrected chi connectivity index (χ0v) is 13.4. The van der Waals surface area contributed by atoms with Crippen LogP contribution in [0.2, 0.25) is 5.02 Å². The van der Waals surface area contributed by atoms with E-state index in [9.17, 15) is 14.4 Å². The summed E-state index contributed by atoms with van der Waals surface area (Å²) in [7, 11) is 0. The Hall–Kier alpha value is -2.38. The van der Waals surface area contributed by atoms with Crippen molar-refractivity contribution in [1.29, 1.82) is 0 Å². The van der Waals surface area contributed by atoms with Gasteiger partial charge in [-0.3, -0.25) is 14.4 Å². The number of amides is 2. The average Bonchev–Trinajstić information content (AvgIpc) is 2.95. The first-order valence-corrected chi connectivity index (χ1v) is 7.87. The molecule has 0 saturated heterocycles. The van der Waals surface area contributed by atoms with Gasteiger partial charge < -0.3 is 15.7 Å². The molecule has 2 aromatic rings. The lowest BCUT2D eigenvalue weighted by Gasteiger charge is -2.07. The molecule has 0 radical (unpaired) electrons. The molecule has 6 nitrogen and oxygen atoms in total. The number of halogens is 1. The van der Waals surface area contributed by atoms with Crippen LogP contribution in [0.4, 0.5) is 10.7 Å². The predicted octanol–water partition coefficient (Wildman–Crippen LogP) is 3.46. The second kappa shape index (κ2) is 7.75. The predicted molar refractivity (Wildman–Crippen MR) is 89.2 cm³/mol. The lowest BCUT2D eigenvalue weighted by molar-refractivity contribution is -0.138. The molecule has 0 spiro atoms. The first-order valence-electron chi connectivity index (χ1n) is 6.62. The molecule has 1 heterocycles. The quantitative estimate of drug-likeness (QED) is 0.741. The van der Waals surface area contributed by atoms with Crippen molar-refractivity contribution >= 4 is 51.4 Å². The molecule has 0 unspecified atom stereocenters. The Morgan fingerprint density at radius 2 is 1.74 bits per heavy atom. The molecule has 1 aromatic carbocycles. The highest BCUT2D eigenvalue weighted by atomic mass is 35.5. The number of hydrogen-bond acceptors (Lipinski definition) is 4. The summed E-state index contributed by atoms with van der Waals surface area (Å²) in [4.78, 5) is 34.4. The highest BCUT2D eigenvalue weighted by molar-refractivity contribution is 7.14. The van der Waals surface area contributed by atoms with Crippen LogP contribution < -0.4 is 10.6 Å². The van der Waals surface area contributed by atoms with Gasteiger partial charge in [0.05, 0.1) is 12.0 Å². The molecule has 0 bridgehead atoms. The van der Waals surface area contributed by atoms with Crippen molar-refractivity contribution < 1.29 is 19.5 Å². The number of nitrogens with one attached hydrogen (secondary N) is 2. The summed E-state index contributed by atoms with van der Waals surface area (Å²) in [6, 6.07) is 8.22. The van der Waals surface area contributed by atoms with E-state index >= 15 is 0 Å².